The number of sulfone groups is 1. The number of rotatable bonds is 4. The van der Waals surface area contributed by atoms with E-state index in [2.05, 4.69) is 0 Å². The van der Waals surface area contributed by atoms with Crippen molar-refractivity contribution in [3.8, 4) is 0 Å². The summed E-state index contributed by atoms with van der Waals surface area (Å²) in [6.45, 7) is -0.934. The molecule has 0 spiro atoms. The molecule has 2 N–H and O–H groups in total. The maximum absolute atomic E-state index is 12.2. The Kier molecular flexibility index (Phi) is 4.19. The van der Waals surface area contributed by atoms with Crippen LogP contribution in [-0.2, 0) is 9.84 Å². The number of alkyl halides is 3. The fourth-order valence-corrected chi connectivity index (χ4v) is 3.61. The first-order chi connectivity index (χ1) is 7.23. The van der Waals surface area contributed by atoms with Crippen LogP contribution in [0.4, 0.5) is 13.2 Å². The lowest BCUT2D eigenvalue weighted by Crippen LogP contribution is -2.44. The fourth-order valence-electron chi connectivity index (χ4n) is 1.85. The summed E-state index contributed by atoms with van der Waals surface area (Å²) in [6.07, 6.45) is -4.06. The van der Waals surface area contributed by atoms with Gasteiger partial charge in [0, 0.05) is 19.1 Å². The molecule has 1 aliphatic rings. The number of nitrogens with two attached hydrogens (primary N) is 1. The standard InChI is InChI=1S/C8H15F3N2O2S/c9-8(10,11)6-13(3-2-12)7-1-4-16(14,15)5-7/h7H,1-6,12H2. The molecule has 0 aliphatic carbocycles. The van der Waals surface area contributed by atoms with Gasteiger partial charge in [0.2, 0.25) is 0 Å². The Labute approximate surface area is 92.5 Å². The molecule has 0 radical (unpaired) electrons. The molecule has 8 heteroatoms. The van der Waals surface area contributed by atoms with E-state index in [1.807, 2.05) is 0 Å². The van der Waals surface area contributed by atoms with Crippen LogP contribution in [0.15, 0.2) is 0 Å². The van der Waals surface area contributed by atoms with Gasteiger partial charge in [-0.1, -0.05) is 0 Å². The van der Waals surface area contributed by atoms with E-state index in [1.54, 1.807) is 0 Å². The van der Waals surface area contributed by atoms with Gasteiger partial charge in [0.25, 0.3) is 0 Å². The molecule has 16 heavy (non-hydrogen) atoms. The first-order valence-electron chi connectivity index (χ1n) is 4.95. The van der Waals surface area contributed by atoms with Crippen LogP contribution in [0.25, 0.3) is 0 Å². The summed E-state index contributed by atoms with van der Waals surface area (Å²) in [4.78, 5) is 1.12. The predicted molar refractivity (Wildman–Crippen MR) is 53.7 cm³/mol. The average Bonchev–Trinajstić information content (AvgIpc) is 2.43. The molecular formula is C8H15F3N2O2S. The van der Waals surface area contributed by atoms with Crippen molar-refractivity contribution >= 4 is 9.84 Å². The predicted octanol–water partition coefficient (Wildman–Crippen LogP) is -0.00350. The van der Waals surface area contributed by atoms with E-state index in [-0.39, 0.29) is 31.0 Å². The average molecular weight is 260 g/mol. The number of halogens is 3. The van der Waals surface area contributed by atoms with Crippen molar-refractivity contribution in [2.75, 3.05) is 31.1 Å². The van der Waals surface area contributed by atoms with E-state index >= 15 is 0 Å². The summed E-state index contributed by atoms with van der Waals surface area (Å²) in [5.74, 6) is -0.223. The maximum Gasteiger partial charge on any atom is 0.401 e. The number of hydrogen-bond donors (Lipinski definition) is 1. The maximum atomic E-state index is 12.2. The third-order valence-electron chi connectivity index (χ3n) is 2.52. The van der Waals surface area contributed by atoms with Crippen LogP contribution in [0, 0.1) is 0 Å². The Morgan fingerprint density at radius 3 is 2.38 bits per heavy atom. The molecule has 1 rings (SSSR count). The minimum atomic E-state index is -4.32. The summed E-state index contributed by atoms with van der Waals surface area (Å²) in [5.41, 5.74) is 5.23. The van der Waals surface area contributed by atoms with Crippen LogP contribution in [0.2, 0.25) is 0 Å². The van der Waals surface area contributed by atoms with Crippen LogP contribution >= 0.6 is 0 Å². The second-order valence-corrected chi connectivity index (χ2v) is 6.16. The van der Waals surface area contributed by atoms with Crippen LogP contribution in [0.5, 0.6) is 0 Å². The number of hydrogen-bond acceptors (Lipinski definition) is 4. The molecule has 96 valence electrons. The van der Waals surface area contributed by atoms with Crippen molar-refractivity contribution in [3.05, 3.63) is 0 Å². The van der Waals surface area contributed by atoms with Gasteiger partial charge in [0.1, 0.15) is 0 Å². The second kappa shape index (κ2) is 4.89. The highest BCUT2D eigenvalue weighted by Gasteiger charge is 2.38. The molecular weight excluding hydrogens is 245 g/mol. The summed E-state index contributed by atoms with van der Waals surface area (Å²) < 4.78 is 59.1. The van der Waals surface area contributed by atoms with E-state index in [1.165, 1.54) is 0 Å². The van der Waals surface area contributed by atoms with Gasteiger partial charge in [0.05, 0.1) is 18.1 Å². The lowest BCUT2D eigenvalue weighted by Gasteiger charge is -2.28. The largest absolute Gasteiger partial charge is 0.401 e. The molecule has 1 saturated heterocycles. The third kappa shape index (κ3) is 4.26. The topological polar surface area (TPSA) is 63.4 Å². The Hall–Kier alpha value is -0.340. The zero-order chi connectivity index (χ0) is 12.4. The normalized spacial score (nSPS) is 25.2. The van der Waals surface area contributed by atoms with Crippen molar-refractivity contribution in [3.63, 3.8) is 0 Å². The van der Waals surface area contributed by atoms with Gasteiger partial charge in [-0.3, -0.25) is 4.90 Å². The SMILES string of the molecule is NCCN(CC(F)(F)F)C1CCS(=O)(=O)C1. The van der Waals surface area contributed by atoms with Crippen molar-refractivity contribution in [1.29, 1.82) is 0 Å². The van der Waals surface area contributed by atoms with E-state index in [9.17, 15) is 21.6 Å². The summed E-state index contributed by atoms with van der Waals surface area (Å²) >= 11 is 0. The van der Waals surface area contributed by atoms with Crippen molar-refractivity contribution in [2.24, 2.45) is 5.73 Å². The lowest BCUT2D eigenvalue weighted by molar-refractivity contribution is -0.149. The molecule has 4 nitrogen and oxygen atoms in total. The highest BCUT2D eigenvalue weighted by Crippen LogP contribution is 2.22. The summed E-state index contributed by atoms with van der Waals surface area (Å²) in [5, 5.41) is 0. The van der Waals surface area contributed by atoms with Gasteiger partial charge < -0.3 is 5.73 Å². The third-order valence-corrected chi connectivity index (χ3v) is 4.27. The molecule has 0 aromatic rings. The lowest BCUT2D eigenvalue weighted by atomic mass is 10.2. The van der Waals surface area contributed by atoms with E-state index in [4.69, 9.17) is 5.73 Å². The molecule has 0 aromatic carbocycles. The Morgan fingerprint density at radius 2 is 2.00 bits per heavy atom. The first kappa shape index (κ1) is 13.7. The molecule has 0 amide bonds. The molecule has 1 heterocycles. The number of nitrogens with zero attached hydrogens (tertiary/aromatic N) is 1. The Balaban J connectivity index is 2.64. The van der Waals surface area contributed by atoms with Crippen molar-refractivity contribution in [2.45, 2.75) is 18.6 Å². The zero-order valence-electron chi connectivity index (χ0n) is 8.70. The zero-order valence-corrected chi connectivity index (χ0v) is 9.52. The van der Waals surface area contributed by atoms with Crippen LogP contribution in [0.1, 0.15) is 6.42 Å². The van der Waals surface area contributed by atoms with Crippen molar-refractivity contribution in [1.82, 2.24) is 4.90 Å². The molecule has 0 bridgehead atoms. The van der Waals surface area contributed by atoms with Gasteiger partial charge in [-0.25, -0.2) is 8.42 Å². The monoisotopic (exact) mass is 260 g/mol. The first-order valence-corrected chi connectivity index (χ1v) is 6.77. The summed E-state index contributed by atoms with van der Waals surface area (Å²) in [6, 6.07) is -0.546. The van der Waals surface area contributed by atoms with Crippen LogP contribution in [-0.4, -0.2) is 56.7 Å². The Bertz CT molecular complexity index is 329. The molecule has 0 aromatic heterocycles. The highest BCUT2D eigenvalue weighted by molar-refractivity contribution is 7.91. The quantitative estimate of drug-likeness (QED) is 0.772. The van der Waals surface area contributed by atoms with Gasteiger partial charge in [-0.05, 0) is 6.42 Å². The Morgan fingerprint density at radius 1 is 1.38 bits per heavy atom. The minimum Gasteiger partial charge on any atom is -0.329 e. The van der Waals surface area contributed by atoms with E-state index in [0.29, 0.717) is 0 Å². The van der Waals surface area contributed by atoms with E-state index in [0.717, 1.165) is 4.90 Å². The van der Waals surface area contributed by atoms with E-state index < -0.39 is 28.6 Å². The van der Waals surface area contributed by atoms with Gasteiger partial charge >= 0.3 is 6.18 Å². The molecule has 0 saturated carbocycles. The highest BCUT2D eigenvalue weighted by atomic mass is 32.2. The summed E-state index contributed by atoms with van der Waals surface area (Å²) in [7, 11) is -3.16. The van der Waals surface area contributed by atoms with Gasteiger partial charge in [0.15, 0.2) is 9.84 Å². The van der Waals surface area contributed by atoms with Crippen LogP contribution < -0.4 is 5.73 Å². The van der Waals surface area contributed by atoms with Gasteiger partial charge in [-0.15, -0.1) is 0 Å². The van der Waals surface area contributed by atoms with Crippen molar-refractivity contribution < 1.29 is 21.6 Å². The smallest absolute Gasteiger partial charge is 0.329 e. The molecule has 1 unspecified atom stereocenters. The fraction of sp³-hybridized carbons (Fsp3) is 1.00. The second-order valence-electron chi connectivity index (χ2n) is 3.93. The minimum absolute atomic E-state index is 0.0312. The molecule has 1 aliphatic heterocycles. The van der Waals surface area contributed by atoms with Crippen LogP contribution in [0.3, 0.4) is 0 Å². The molecule has 1 atom stereocenters. The molecule has 1 fully saturated rings. The van der Waals surface area contributed by atoms with Gasteiger partial charge in [-0.2, -0.15) is 13.2 Å².